The quantitative estimate of drug-likeness (QED) is 0.0672. The number of nitrogens with zero attached hydrogens (tertiary/aromatic N) is 16. The Morgan fingerprint density at radius 1 is 0.295 bits per heavy atom. The molecule has 16 aromatic rings. The van der Waals surface area contributed by atoms with E-state index in [4.69, 9.17) is 41.9 Å². The third kappa shape index (κ3) is 15.1. The Bertz CT molecular complexity index is 6410. The summed E-state index contributed by atoms with van der Waals surface area (Å²) in [5.41, 5.74) is 35.6. The number of aliphatic hydroxyl groups excluding tert-OH is 8. The molecule has 4 aliphatic heterocycles. The highest BCUT2D eigenvalue weighted by atomic mass is 79.9. The standard InChI is InChI=1S/4C24H24BrN5O3/c4*1-12-15-4-5-30(23(15)28-11-27-12)18-8-24(21(32)20(18)31)9-19(33-10-24)14-3-2-13-6-16(25)22(26)29-17(13)7-14/h4*2-7,11,18-21,31-32H,8-10H2,1H3,(H2,26,29)/t2*18-,19+,20+,21+,24-;2*18-,19-,20+,21+,24-/m1111/s1. The van der Waals surface area contributed by atoms with Crippen LogP contribution in [0.5, 0.6) is 0 Å². The van der Waals surface area contributed by atoms with E-state index in [1.807, 2.05) is 192 Å². The van der Waals surface area contributed by atoms with Gasteiger partial charge in [-0.2, -0.15) is 0 Å². The summed E-state index contributed by atoms with van der Waals surface area (Å²) >= 11 is 13.7. The molecule has 16 heterocycles. The van der Waals surface area contributed by atoms with Crippen LogP contribution in [-0.2, 0) is 18.9 Å². The summed E-state index contributed by atoms with van der Waals surface area (Å²) in [6.07, 6.45) is 10.8. The van der Waals surface area contributed by atoms with Crippen molar-refractivity contribution in [2.75, 3.05) is 49.4 Å². The molecule has 4 saturated heterocycles. The number of halogens is 4. The summed E-state index contributed by atoms with van der Waals surface area (Å²) in [5.74, 6) is 1.77. The van der Waals surface area contributed by atoms with Gasteiger partial charge in [0.15, 0.2) is 0 Å². The van der Waals surface area contributed by atoms with E-state index in [1.54, 1.807) is 0 Å². The fraction of sp³-hybridized carbons (Fsp3) is 0.375. The van der Waals surface area contributed by atoms with Crippen molar-refractivity contribution in [2.45, 2.75) is 176 Å². The second-order valence-corrected chi connectivity index (χ2v) is 40.6. The molecule has 36 heteroatoms. The minimum Gasteiger partial charge on any atom is -0.390 e. The third-order valence-corrected chi connectivity index (χ3v) is 32.1. The maximum atomic E-state index is 11.1. The number of pyridine rings is 4. The molecule has 0 radical (unpaired) electrons. The van der Waals surface area contributed by atoms with Crippen molar-refractivity contribution in [1.82, 2.24) is 78.1 Å². The highest BCUT2D eigenvalue weighted by Gasteiger charge is 2.62. The van der Waals surface area contributed by atoms with Crippen molar-refractivity contribution in [3.8, 4) is 0 Å². The zero-order valence-corrected chi connectivity index (χ0v) is 78.4. The Labute approximate surface area is 788 Å². The number of rotatable bonds is 8. The number of aromatic nitrogens is 16. The molecular formula is C96H96Br4N20O12. The molecule has 12 aromatic heterocycles. The Kier molecular flexibility index (Phi) is 22.7. The summed E-state index contributed by atoms with van der Waals surface area (Å²) in [4.78, 5) is 52.7. The number of aryl methyl sites for hydroxylation is 4. The van der Waals surface area contributed by atoms with Gasteiger partial charge in [0, 0.05) is 89.5 Å². The summed E-state index contributed by atoms with van der Waals surface area (Å²) in [5, 5.41) is 96.5. The fourth-order valence-corrected chi connectivity index (χ4v) is 23.5. The molecule has 4 aromatic carbocycles. The molecule has 4 saturated carbocycles. The number of hydrogen-bond acceptors (Lipinski definition) is 28. The zero-order chi connectivity index (χ0) is 91.6. The average Bonchev–Trinajstić information content (AvgIpc) is 1.59. The van der Waals surface area contributed by atoms with E-state index in [2.05, 4.69) is 124 Å². The summed E-state index contributed by atoms with van der Waals surface area (Å²) in [6.45, 7) is 9.29. The summed E-state index contributed by atoms with van der Waals surface area (Å²) in [6, 6.07) is 38.7. The van der Waals surface area contributed by atoms with E-state index in [0.29, 0.717) is 101 Å². The highest BCUT2D eigenvalue weighted by molar-refractivity contribution is 9.11. The second-order valence-electron chi connectivity index (χ2n) is 37.2. The van der Waals surface area contributed by atoms with Crippen molar-refractivity contribution in [2.24, 2.45) is 21.7 Å². The van der Waals surface area contributed by atoms with Crippen LogP contribution in [0, 0.1) is 49.4 Å². The predicted molar refractivity (Wildman–Crippen MR) is 510 cm³/mol. The Morgan fingerprint density at radius 3 is 0.720 bits per heavy atom. The van der Waals surface area contributed by atoms with Crippen LogP contribution in [0.25, 0.3) is 87.7 Å². The van der Waals surface area contributed by atoms with Crippen LogP contribution in [0.2, 0.25) is 0 Å². The van der Waals surface area contributed by atoms with Gasteiger partial charge in [0.2, 0.25) is 0 Å². The van der Waals surface area contributed by atoms with E-state index >= 15 is 0 Å². The van der Waals surface area contributed by atoms with Crippen LogP contribution >= 0.6 is 63.7 Å². The lowest BCUT2D eigenvalue weighted by Gasteiger charge is -2.26. The third-order valence-electron chi connectivity index (χ3n) is 29.5. The van der Waals surface area contributed by atoms with Crippen LogP contribution in [0.4, 0.5) is 23.3 Å². The van der Waals surface area contributed by atoms with Crippen molar-refractivity contribution in [1.29, 1.82) is 0 Å². The number of fused-ring (bicyclic) bond motifs is 8. The molecule has 32 nitrogen and oxygen atoms in total. The van der Waals surface area contributed by atoms with Crippen molar-refractivity contribution in [3.63, 3.8) is 0 Å². The van der Waals surface area contributed by atoms with Crippen LogP contribution in [0.3, 0.4) is 0 Å². The molecule has 4 aliphatic carbocycles. The molecule has 0 bridgehead atoms. The molecule has 8 aliphatic rings. The fourth-order valence-electron chi connectivity index (χ4n) is 22.2. The number of hydrogen-bond donors (Lipinski definition) is 12. The lowest BCUT2D eigenvalue weighted by Crippen LogP contribution is -2.37. The maximum Gasteiger partial charge on any atom is 0.143 e. The van der Waals surface area contributed by atoms with Crippen LogP contribution in [0.15, 0.2) is 189 Å². The Hall–Kier alpha value is -10.4. The number of benzene rings is 4. The average molecular weight is 2040 g/mol. The Balaban J connectivity index is 0.000000106. The number of aliphatic hydroxyl groups is 8. The van der Waals surface area contributed by atoms with E-state index in [1.165, 1.54) is 25.3 Å². The normalized spacial score (nSPS) is 29.6. The van der Waals surface area contributed by atoms with E-state index in [9.17, 15) is 40.9 Å². The number of ether oxygens (including phenoxy) is 4. The molecule has 680 valence electrons. The van der Waals surface area contributed by atoms with Crippen LogP contribution in [-0.4, -0.2) is 194 Å². The van der Waals surface area contributed by atoms with Crippen molar-refractivity contribution >= 4 is 175 Å². The molecule has 16 N–H and O–H groups in total. The second kappa shape index (κ2) is 33.9. The summed E-state index contributed by atoms with van der Waals surface area (Å²) in [7, 11) is 0. The van der Waals surface area contributed by atoms with Gasteiger partial charge in [-0.1, -0.05) is 48.5 Å². The van der Waals surface area contributed by atoms with Gasteiger partial charge in [-0.05, 0) is 238 Å². The molecule has 20 atom stereocenters. The molecule has 0 amide bonds. The molecule has 0 unspecified atom stereocenters. The number of anilines is 4. The SMILES string of the molecule is Cc1ncnc2c1ccn2[C@@H]1C[C@@]2(CO[C@@H](c3ccc4cc(Br)c(N)nc4c3)C2)[C@@H](O)[C@H]1O.Cc1ncnc2c1ccn2[C@@H]1C[C@@]2(CO[C@@H](c3ccc4cc(Br)c(N)nc4c3)C2)[C@@H](O)[C@H]1O.Cc1ncnc2c1ccn2[C@@H]1C[C@@]2(CO[C@H](c3ccc4cc(Br)c(N)nc4c3)C2)[C@@H](O)[C@H]1O.Cc1ncnc2c1ccn2[C@@H]1C[C@@]2(CO[C@H](c3ccc4cc(Br)c(N)nc4c3)C2)[C@@H](O)[C@H]1O. The van der Waals surface area contributed by atoms with Gasteiger partial charge in [-0.25, -0.2) is 59.8 Å². The predicted octanol–water partition coefficient (Wildman–Crippen LogP) is 13.8. The van der Waals surface area contributed by atoms with Gasteiger partial charge < -0.3 is 101 Å². The lowest BCUT2D eigenvalue weighted by atomic mass is 9.80. The van der Waals surface area contributed by atoms with Gasteiger partial charge >= 0.3 is 0 Å². The first-order chi connectivity index (χ1) is 63.4. The minimum absolute atomic E-state index is 0.187. The molecule has 4 spiro atoms. The smallest absolute Gasteiger partial charge is 0.143 e. The largest absolute Gasteiger partial charge is 0.390 e. The Morgan fingerprint density at radius 2 is 0.508 bits per heavy atom. The van der Waals surface area contributed by atoms with Crippen molar-refractivity contribution in [3.05, 3.63) is 234 Å². The topological polar surface area (TPSA) is 477 Å². The van der Waals surface area contributed by atoms with Gasteiger partial charge in [0.25, 0.3) is 0 Å². The minimum atomic E-state index is -0.909. The molecule has 8 fully saturated rings. The highest BCUT2D eigenvalue weighted by Crippen LogP contribution is 2.60. The van der Waals surface area contributed by atoms with E-state index in [0.717, 1.165) is 151 Å². The van der Waals surface area contributed by atoms with Gasteiger partial charge in [0.05, 0.1) is 162 Å². The van der Waals surface area contributed by atoms with Crippen molar-refractivity contribution < 1.29 is 59.8 Å². The van der Waals surface area contributed by atoms with Gasteiger partial charge in [-0.3, -0.25) is 0 Å². The maximum absolute atomic E-state index is 11.1. The number of nitrogens with two attached hydrogens (primary N) is 4. The molecule has 132 heavy (non-hydrogen) atoms. The van der Waals surface area contributed by atoms with Gasteiger partial charge in [0.1, 0.15) is 95.6 Å². The molecular weight excluding hydrogens is 1940 g/mol. The van der Waals surface area contributed by atoms with Gasteiger partial charge in [-0.15, -0.1) is 0 Å². The zero-order valence-electron chi connectivity index (χ0n) is 72.1. The van der Waals surface area contributed by atoms with E-state index in [-0.39, 0.29) is 48.6 Å². The lowest BCUT2D eigenvalue weighted by molar-refractivity contribution is -0.0309. The van der Waals surface area contributed by atoms with Crippen LogP contribution < -0.4 is 22.9 Å². The first-order valence-corrected chi connectivity index (χ1v) is 47.1. The summed E-state index contributed by atoms with van der Waals surface area (Å²) < 4.78 is 35.8. The first kappa shape index (κ1) is 88.2. The molecule has 24 rings (SSSR count). The number of nitrogen functional groups attached to an aromatic ring is 4. The first-order valence-electron chi connectivity index (χ1n) is 43.9. The monoisotopic (exact) mass is 2040 g/mol. The van der Waals surface area contributed by atoms with E-state index < -0.39 is 70.5 Å². The van der Waals surface area contributed by atoms with Crippen LogP contribution in [0.1, 0.15) is 145 Å².